The van der Waals surface area contributed by atoms with E-state index in [4.69, 9.17) is 5.73 Å². The van der Waals surface area contributed by atoms with Gasteiger partial charge in [-0.15, -0.1) is 10.2 Å². The van der Waals surface area contributed by atoms with Crippen molar-refractivity contribution in [3.05, 3.63) is 47.8 Å². The van der Waals surface area contributed by atoms with Crippen molar-refractivity contribution >= 4 is 17.8 Å². The topological polar surface area (TPSA) is 56.7 Å². The molecule has 0 aliphatic carbocycles. The summed E-state index contributed by atoms with van der Waals surface area (Å²) in [5.41, 5.74) is 6.76. The molecule has 18 heavy (non-hydrogen) atoms. The van der Waals surface area contributed by atoms with Gasteiger partial charge in [0.15, 0.2) is 5.16 Å². The fourth-order valence-corrected chi connectivity index (χ4v) is 2.26. The Kier molecular flexibility index (Phi) is 4.55. The highest BCUT2D eigenvalue weighted by molar-refractivity contribution is 7.99. The summed E-state index contributed by atoms with van der Waals surface area (Å²) >= 11 is 1.65. The Labute approximate surface area is 111 Å². The highest BCUT2D eigenvalue weighted by Crippen LogP contribution is 2.15. The molecule has 2 N–H and O–H groups in total. The molecule has 1 aromatic carbocycles. The Morgan fingerprint density at radius 3 is 2.72 bits per heavy atom. The number of nitrogens with zero attached hydrogens (tertiary/aromatic N) is 3. The first-order chi connectivity index (χ1) is 8.81. The predicted octanol–water partition coefficient (Wildman–Crippen LogP) is 2.08. The number of benzene rings is 1. The molecule has 5 heteroatoms. The zero-order chi connectivity index (χ0) is 12.8. The van der Waals surface area contributed by atoms with Crippen LogP contribution in [0.15, 0.2) is 41.6 Å². The van der Waals surface area contributed by atoms with Crippen LogP contribution in [0.2, 0.25) is 0 Å². The lowest BCUT2D eigenvalue weighted by Crippen LogP contribution is -2.05. The Balaban J connectivity index is 1.89. The third-order valence-electron chi connectivity index (χ3n) is 2.53. The maximum Gasteiger partial charge on any atom is 0.191 e. The molecule has 1 aromatic heterocycles. The van der Waals surface area contributed by atoms with E-state index in [2.05, 4.69) is 34.5 Å². The van der Waals surface area contributed by atoms with E-state index in [1.54, 1.807) is 11.8 Å². The summed E-state index contributed by atoms with van der Waals surface area (Å²) < 4.78 is 1.93. The van der Waals surface area contributed by atoms with Crippen molar-refractivity contribution in [1.29, 1.82) is 0 Å². The van der Waals surface area contributed by atoms with Gasteiger partial charge < -0.3 is 10.3 Å². The summed E-state index contributed by atoms with van der Waals surface area (Å²) in [6.45, 7) is 0.421. The van der Waals surface area contributed by atoms with Gasteiger partial charge in [-0.25, -0.2) is 0 Å². The Hall–Kier alpha value is -1.59. The van der Waals surface area contributed by atoms with Gasteiger partial charge in [-0.05, 0) is 5.56 Å². The van der Waals surface area contributed by atoms with Crippen LogP contribution in [0.3, 0.4) is 0 Å². The van der Waals surface area contributed by atoms with Crippen molar-refractivity contribution in [1.82, 2.24) is 14.8 Å². The molecular weight excluding hydrogens is 244 g/mol. The second-order valence-electron chi connectivity index (χ2n) is 3.79. The monoisotopic (exact) mass is 260 g/mol. The smallest absolute Gasteiger partial charge is 0.191 e. The number of thioether (sulfide) groups is 1. The molecule has 4 nitrogen and oxygen atoms in total. The van der Waals surface area contributed by atoms with Crippen LogP contribution < -0.4 is 5.73 Å². The molecule has 1 heterocycles. The van der Waals surface area contributed by atoms with Crippen molar-refractivity contribution in [3.8, 4) is 0 Å². The van der Waals surface area contributed by atoms with Crippen LogP contribution in [0.4, 0.5) is 0 Å². The minimum absolute atomic E-state index is 0.421. The number of rotatable bonds is 5. The van der Waals surface area contributed by atoms with E-state index < -0.39 is 0 Å². The summed E-state index contributed by atoms with van der Waals surface area (Å²) in [7, 11) is 1.94. The molecule has 0 spiro atoms. The molecule has 94 valence electrons. The van der Waals surface area contributed by atoms with Gasteiger partial charge in [0, 0.05) is 12.8 Å². The molecule has 2 rings (SSSR count). The van der Waals surface area contributed by atoms with Gasteiger partial charge in [-0.1, -0.05) is 54.2 Å². The fourth-order valence-electron chi connectivity index (χ4n) is 1.52. The lowest BCUT2D eigenvalue weighted by Gasteiger charge is -1.99. The molecular formula is C13H16N4S. The summed E-state index contributed by atoms with van der Waals surface area (Å²) in [4.78, 5) is 0. The first kappa shape index (κ1) is 12.9. The van der Waals surface area contributed by atoms with Crippen molar-refractivity contribution in [2.75, 3.05) is 5.75 Å². The Morgan fingerprint density at radius 2 is 2.06 bits per heavy atom. The zero-order valence-electron chi connectivity index (χ0n) is 10.3. The van der Waals surface area contributed by atoms with E-state index in [1.807, 2.05) is 29.8 Å². The van der Waals surface area contributed by atoms with Gasteiger partial charge in [0.2, 0.25) is 0 Å². The van der Waals surface area contributed by atoms with Crippen molar-refractivity contribution in [2.24, 2.45) is 12.8 Å². The van der Waals surface area contributed by atoms with E-state index in [0.29, 0.717) is 6.54 Å². The van der Waals surface area contributed by atoms with Crippen LogP contribution in [-0.4, -0.2) is 20.5 Å². The summed E-state index contributed by atoms with van der Waals surface area (Å²) in [5.74, 6) is 1.68. The van der Waals surface area contributed by atoms with Gasteiger partial charge in [0.25, 0.3) is 0 Å². The zero-order valence-corrected chi connectivity index (χ0v) is 11.1. The molecule has 0 bridgehead atoms. The molecule has 0 unspecified atom stereocenters. The van der Waals surface area contributed by atoms with Crippen LogP contribution in [0.25, 0.3) is 6.08 Å². The predicted molar refractivity (Wildman–Crippen MR) is 75.1 cm³/mol. The maximum absolute atomic E-state index is 5.55. The van der Waals surface area contributed by atoms with E-state index in [9.17, 15) is 0 Å². The van der Waals surface area contributed by atoms with Crippen LogP contribution in [0.1, 0.15) is 11.4 Å². The van der Waals surface area contributed by atoms with Gasteiger partial charge >= 0.3 is 0 Å². The lowest BCUT2D eigenvalue weighted by atomic mass is 10.2. The SMILES string of the molecule is Cn1c(CN)nnc1SCC=Cc1ccccc1. The summed E-state index contributed by atoms with van der Waals surface area (Å²) in [6.07, 6.45) is 4.23. The standard InChI is InChI=1S/C13H16N4S/c1-17-12(10-14)15-16-13(17)18-9-5-8-11-6-3-2-4-7-11/h2-8H,9-10,14H2,1H3. The molecule has 0 aliphatic rings. The average molecular weight is 260 g/mol. The minimum Gasteiger partial charge on any atom is -0.324 e. The van der Waals surface area contributed by atoms with Gasteiger partial charge in [0.05, 0.1) is 6.54 Å². The minimum atomic E-state index is 0.421. The Bertz CT molecular complexity index is 519. The molecule has 0 amide bonds. The highest BCUT2D eigenvalue weighted by Gasteiger charge is 2.05. The molecule has 0 fully saturated rings. The van der Waals surface area contributed by atoms with Crippen LogP contribution in [0.5, 0.6) is 0 Å². The first-order valence-electron chi connectivity index (χ1n) is 5.74. The molecule has 0 saturated carbocycles. The van der Waals surface area contributed by atoms with Crippen molar-refractivity contribution in [2.45, 2.75) is 11.7 Å². The summed E-state index contributed by atoms with van der Waals surface area (Å²) in [5, 5.41) is 9.00. The fraction of sp³-hybridized carbons (Fsp3) is 0.231. The van der Waals surface area contributed by atoms with Crippen LogP contribution >= 0.6 is 11.8 Å². The van der Waals surface area contributed by atoms with Crippen LogP contribution in [-0.2, 0) is 13.6 Å². The number of hydrogen-bond acceptors (Lipinski definition) is 4. The van der Waals surface area contributed by atoms with Gasteiger partial charge in [-0.3, -0.25) is 0 Å². The number of aromatic nitrogens is 3. The molecule has 0 saturated heterocycles. The first-order valence-corrected chi connectivity index (χ1v) is 6.72. The summed E-state index contributed by atoms with van der Waals surface area (Å²) in [6, 6.07) is 10.2. The molecule has 0 radical (unpaired) electrons. The van der Waals surface area contributed by atoms with Crippen molar-refractivity contribution < 1.29 is 0 Å². The average Bonchev–Trinajstić information content (AvgIpc) is 2.77. The maximum atomic E-state index is 5.55. The normalized spacial score (nSPS) is 11.2. The Morgan fingerprint density at radius 1 is 1.28 bits per heavy atom. The molecule has 0 atom stereocenters. The quantitative estimate of drug-likeness (QED) is 0.836. The highest BCUT2D eigenvalue weighted by atomic mass is 32.2. The van der Waals surface area contributed by atoms with Crippen LogP contribution in [0, 0.1) is 0 Å². The lowest BCUT2D eigenvalue weighted by molar-refractivity contribution is 0.735. The third-order valence-corrected chi connectivity index (χ3v) is 3.50. The van der Waals surface area contributed by atoms with Crippen molar-refractivity contribution in [3.63, 3.8) is 0 Å². The number of nitrogens with two attached hydrogens (primary N) is 1. The second-order valence-corrected chi connectivity index (χ2v) is 4.77. The third kappa shape index (κ3) is 3.21. The van der Waals surface area contributed by atoms with E-state index >= 15 is 0 Å². The molecule has 0 aliphatic heterocycles. The van der Waals surface area contributed by atoms with Gasteiger partial charge in [0.1, 0.15) is 5.82 Å². The van der Waals surface area contributed by atoms with E-state index in [1.165, 1.54) is 5.56 Å². The van der Waals surface area contributed by atoms with E-state index in [0.717, 1.165) is 16.7 Å². The molecule has 2 aromatic rings. The van der Waals surface area contributed by atoms with E-state index in [-0.39, 0.29) is 0 Å². The van der Waals surface area contributed by atoms with Gasteiger partial charge in [-0.2, -0.15) is 0 Å². The largest absolute Gasteiger partial charge is 0.324 e. The second kappa shape index (κ2) is 6.37. The number of hydrogen-bond donors (Lipinski definition) is 1.